The summed E-state index contributed by atoms with van der Waals surface area (Å²) in [6, 6.07) is 41.4. The molecule has 0 bridgehead atoms. The van der Waals surface area contributed by atoms with E-state index >= 15 is 0 Å². The third-order valence-electron chi connectivity index (χ3n) is 8.05. The van der Waals surface area contributed by atoms with Crippen LogP contribution in [-0.2, 0) is 0 Å². The monoisotopic (exact) mass is 541 g/mol. The molecule has 3 heterocycles. The van der Waals surface area contributed by atoms with Crippen LogP contribution in [0.2, 0.25) is 0 Å². The first kappa shape index (κ1) is 24.0. The average Bonchev–Trinajstić information content (AvgIpc) is 3.53. The molecule has 1 aliphatic heterocycles. The number of imide groups is 1. The van der Waals surface area contributed by atoms with Gasteiger partial charge in [-0.1, -0.05) is 84.9 Å². The van der Waals surface area contributed by atoms with Gasteiger partial charge >= 0.3 is 0 Å². The fraction of sp³-hybridized carbons (Fsp3) is 0. The van der Waals surface area contributed by atoms with Crippen LogP contribution in [-0.4, -0.2) is 21.4 Å². The lowest BCUT2D eigenvalue weighted by atomic mass is 10.0. The maximum Gasteiger partial charge on any atom is 0.268 e. The molecule has 7 aromatic rings. The molecule has 0 aliphatic carbocycles. The molecule has 42 heavy (non-hydrogen) atoms. The Kier molecular flexibility index (Phi) is 5.37. The number of aromatic nitrogens is 2. The zero-order chi connectivity index (χ0) is 28.2. The Bertz CT molecular complexity index is 2180. The standard InChI is InChI=1S/C37H23N3O2/c41-36-29-15-9-19-33(35(29)37(42)40(36)30-16-6-4-12-26(30)24-10-2-1-3-11-24)39-31-17-7-5-13-28(31)34-27(14-8-18-32(34)39)25-20-22-38-23-21-25/h1-23H. The molecule has 2 amide bonds. The number of benzene rings is 5. The minimum absolute atomic E-state index is 0.321. The lowest BCUT2D eigenvalue weighted by Gasteiger charge is -2.18. The molecule has 0 radical (unpaired) electrons. The second-order valence-corrected chi connectivity index (χ2v) is 10.3. The van der Waals surface area contributed by atoms with Crippen molar-refractivity contribution in [2.75, 3.05) is 4.90 Å². The summed E-state index contributed by atoms with van der Waals surface area (Å²) >= 11 is 0. The molecule has 0 fully saturated rings. The summed E-state index contributed by atoms with van der Waals surface area (Å²) in [5.74, 6) is -0.649. The number of pyridine rings is 1. The Morgan fingerprint density at radius 2 is 1.10 bits per heavy atom. The summed E-state index contributed by atoms with van der Waals surface area (Å²) in [6.45, 7) is 0. The molecule has 5 heteroatoms. The van der Waals surface area contributed by atoms with Crippen LogP contribution < -0.4 is 4.90 Å². The van der Waals surface area contributed by atoms with Crippen molar-refractivity contribution in [1.29, 1.82) is 0 Å². The summed E-state index contributed by atoms with van der Waals surface area (Å²) in [5, 5.41) is 2.15. The number of hydrogen-bond acceptors (Lipinski definition) is 3. The van der Waals surface area contributed by atoms with Gasteiger partial charge in [0, 0.05) is 28.7 Å². The molecule has 198 valence electrons. The van der Waals surface area contributed by atoms with Crippen molar-refractivity contribution in [2.45, 2.75) is 0 Å². The Morgan fingerprint density at radius 3 is 1.95 bits per heavy atom. The van der Waals surface area contributed by atoms with Gasteiger partial charge in [-0.25, -0.2) is 4.90 Å². The summed E-state index contributed by atoms with van der Waals surface area (Å²) in [7, 11) is 0. The highest BCUT2D eigenvalue weighted by molar-refractivity contribution is 6.36. The minimum Gasteiger partial charge on any atom is -0.308 e. The largest absolute Gasteiger partial charge is 0.308 e. The van der Waals surface area contributed by atoms with Crippen molar-refractivity contribution in [3.8, 4) is 27.9 Å². The second-order valence-electron chi connectivity index (χ2n) is 10.3. The van der Waals surface area contributed by atoms with E-state index in [2.05, 4.69) is 33.8 Å². The highest BCUT2D eigenvalue weighted by atomic mass is 16.2. The zero-order valence-electron chi connectivity index (χ0n) is 22.4. The highest BCUT2D eigenvalue weighted by Crippen LogP contribution is 2.42. The lowest BCUT2D eigenvalue weighted by Crippen LogP contribution is -2.30. The lowest BCUT2D eigenvalue weighted by molar-refractivity contribution is 0.0926. The number of amides is 2. The number of nitrogens with zero attached hydrogens (tertiary/aromatic N) is 3. The van der Waals surface area contributed by atoms with Gasteiger partial charge in [0.1, 0.15) is 0 Å². The van der Waals surface area contributed by atoms with Gasteiger partial charge in [-0.15, -0.1) is 0 Å². The van der Waals surface area contributed by atoms with E-state index in [9.17, 15) is 9.59 Å². The van der Waals surface area contributed by atoms with Crippen LogP contribution in [0, 0.1) is 0 Å². The van der Waals surface area contributed by atoms with Gasteiger partial charge in [0.25, 0.3) is 11.8 Å². The van der Waals surface area contributed by atoms with Crippen LogP contribution in [0.5, 0.6) is 0 Å². The Morgan fingerprint density at radius 1 is 0.476 bits per heavy atom. The first-order chi connectivity index (χ1) is 20.7. The first-order valence-electron chi connectivity index (χ1n) is 13.8. The molecule has 0 unspecified atom stereocenters. The number of carbonyl (C=O) groups is 2. The molecule has 8 rings (SSSR count). The maximum atomic E-state index is 14.4. The van der Waals surface area contributed by atoms with Gasteiger partial charge < -0.3 is 4.57 Å². The molecular weight excluding hydrogens is 518 g/mol. The van der Waals surface area contributed by atoms with Crippen molar-refractivity contribution in [2.24, 2.45) is 0 Å². The fourth-order valence-corrected chi connectivity index (χ4v) is 6.25. The van der Waals surface area contributed by atoms with Crippen LogP contribution in [0.25, 0.3) is 49.7 Å². The van der Waals surface area contributed by atoms with Crippen molar-refractivity contribution in [3.05, 3.63) is 151 Å². The number of carbonyl (C=O) groups excluding carboxylic acids is 2. The Balaban J connectivity index is 1.37. The Hall–Kier alpha value is -5.81. The minimum atomic E-state index is -0.329. The third-order valence-corrected chi connectivity index (χ3v) is 8.05. The number of fused-ring (bicyclic) bond motifs is 4. The molecule has 2 aromatic heterocycles. The second kappa shape index (κ2) is 9.39. The SMILES string of the molecule is O=C1c2cccc(-n3c4ccccc4c4c(-c5ccncc5)cccc43)c2C(=O)N1c1ccccc1-c1ccccc1. The van der Waals surface area contributed by atoms with E-state index in [0.717, 1.165) is 44.1 Å². The van der Waals surface area contributed by atoms with Crippen molar-refractivity contribution in [1.82, 2.24) is 9.55 Å². The van der Waals surface area contributed by atoms with Crippen molar-refractivity contribution in [3.63, 3.8) is 0 Å². The van der Waals surface area contributed by atoms with Crippen molar-refractivity contribution >= 4 is 39.3 Å². The molecule has 0 N–H and O–H groups in total. The molecule has 5 nitrogen and oxygen atoms in total. The molecule has 5 aromatic carbocycles. The van der Waals surface area contributed by atoms with E-state index in [0.29, 0.717) is 22.5 Å². The highest BCUT2D eigenvalue weighted by Gasteiger charge is 2.40. The maximum absolute atomic E-state index is 14.4. The third kappa shape index (κ3) is 3.47. The summed E-state index contributed by atoms with van der Waals surface area (Å²) in [6.07, 6.45) is 3.59. The van der Waals surface area contributed by atoms with Crippen LogP contribution in [0.15, 0.2) is 140 Å². The number of rotatable bonds is 4. The van der Waals surface area contributed by atoms with Crippen LogP contribution in [0.1, 0.15) is 20.7 Å². The van der Waals surface area contributed by atoms with Gasteiger partial charge in [-0.2, -0.15) is 0 Å². The zero-order valence-corrected chi connectivity index (χ0v) is 22.4. The van der Waals surface area contributed by atoms with Crippen LogP contribution in [0.4, 0.5) is 5.69 Å². The summed E-state index contributed by atoms with van der Waals surface area (Å²) in [4.78, 5) is 33.8. The van der Waals surface area contributed by atoms with Gasteiger partial charge in [0.15, 0.2) is 0 Å². The topological polar surface area (TPSA) is 55.2 Å². The Labute approximate surface area is 241 Å². The molecular formula is C37H23N3O2. The van der Waals surface area contributed by atoms with E-state index in [1.165, 1.54) is 4.90 Å². The molecule has 0 atom stereocenters. The smallest absolute Gasteiger partial charge is 0.268 e. The van der Waals surface area contributed by atoms with Gasteiger partial charge in [0.2, 0.25) is 0 Å². The van der Waals surface area contributed by atoms with E-state index in [4.69, 9.17) is 0 Å². The summed E-state index contributed by atoms with van der Waals surface area (Å²) < 4.78 is 2.12. The first-order valence-corrected chi connectivity index (χ1v) is 13.8. The van der Waals surface area contributed by atoms with Gasteiger partial charge in [0.05, 0.1) is 33.5 Å². The van der Waals surface area contributed by atoms with Gasteiger partial charge in [-0.05, 0) is 59.2 Å². The van der Waals surface area contributed by atoms with E-state index in [1.807, 2.05) is 97.1 Å². The molecule has 0 saturated heterocycles. The number of hydrogen-bond donors (Lipinski definition) is 0. The van der Waals surface area contributed by atoms with E-state index in [1.54, 1.807) is 18.5 Å². The average molecular weight is 542 g/mol. The van der Waals surface area contributed by atoms with Crippen LogP contribution in [0.3, 0.4) is 0 Å². The predicted molar refractivity (Wildman–Crippen MR) is 167 cm³/mol. The molecule has 0 saturated carbocycles. The molecule has 1 aliphatic rings. The molecule has 0 spiro atoms. The van der Waals surface area contributed by atoms with Crippen molar-refractivity contribution < 1.29 is 9.59 Å². The van der Waals surface area contributed by atoms with E-state index < -0.39 is 0 Å². The van der Waals surface area contributed by atoms with Crippen LogP contribution >= 0.6 is 0 Å². The normalized spacial score (nSPS) is 12.8. The number of para-hydroxylation sites is 2. The van der Waals surface area contributed by atoms with Gasteiger partial charge in [-0.3, -0.25) is 14.6 Å². The van der Waals surface area contributed by atoms with E-state index in [-0.39, 0.29) is 11.8 Å². The predicted octanol–water partition coefficient (Wildman–Crippen LogP) is 8.31. The number of anilines is 1. The quantitative estimate of drug-likeness (QED) is 0.211. The fourth-order valence-electron chi connectivity index (χ4n) is 6.25. The summed E-state index contributed by atoms with van der Waals surface area (Å²) in [5.41, 5.74) is 7.90.